The van der Waals surface area contributed by atoms with Gasteiger partial charge in [0.15, 0.2) is 0 Å². The van der Waals surface area contributed by atoms with Gasteiger partial charge in [-0.15, -0.1) is 0 Å². The summed E-state index contributed by atoms with van der Waals surface area (Å²) in [5.74, 6) is 0.461. The Morgan fingerprint density at radius 3 is 2.52 bits per heavy atom. The molecule has 4 rings (SSSR count). The highest BCUT2D eigenvalue weighted by atomic mass is 16.2. The lowest BCUT2D eigenvalue weighted by Crippen LogP contribution is -2.51. The van der Waals surface area contributed by atoms with Crippen LogP contribution in [0.3, 0.4) is 0 Å². The summed E-state index contributed by atoms with van der Waals surface area (Å²) in [5.41, 5.74) is 2.45. The molecular weight excluding hydrogens is 364 g/mol. The minimum Gasteiger partial charge on any atom is -0.384 e. The van der Waals surface area contributed by atoms with Gasteiger partial charge in [0.2, 0.25) is 5.91 Å². The number of amides is 2. The Labute approximate surface area is 173 Å². The largest absolute Gasteiger partial charge is 0.384 e. The third-order valence-electron chi connectivity index (χ3n) is 6.89. The van der Waals surface area contributed by atoms with E-state index in [4.69, 9.17) is 0 Å². The lowest BCUT2D eigenvalue weighted by atomic mass is 9.83. The van der Waals surface area contributed by atoms with E-state index in [0.717, 1.165) is 42.8 Å². The highest BCUT2D eigenvalue weighted by molar-refractivity contribution is 6.00. The third kappa shape index (κ3) is 3.54. The van der Waals surface area contributed by atoms with Crippen LogP contribution in [0.1, 0.15) is 32.3 Å². The first kappa shape index (κ1) is 20.0. The second-order valence-corrected chi connectivity index (χ2v) is 8.92. The van der Waals surface area contributed by atoms with Crippen molar-refractivity contribution in [3.8, 4) is 0 Å². The van der Waals surface area contributed by atoms with Gasteiger partial charge in [-0.2, -0.15) is 0 Å². The van der Waals surface area contributed by atoms with Crippen LogP contribution in [0.25, 0.3) is 0 Å². The molecule has 0 saturated carbocycles. The standard InChI is InChI=1S/C23H32N4O2/c1-23(2)21-19(22(29)26(23)3)20(17-9-11-24-12-10-17)27(14-13-25-21)18(28)15-16-7-5-4-6-8-16/h4-8,17,20,24-25H,9-15H2,1-3H3. The molecule has 1 atom stereocenters. The first-order chi connectivity index (χ1) is 13.9. The van der Waals surface area contributed by atoms with Gasteiger partial charge in [0, 0.05) is 25.8 Å². The molecule has 2 N–H and O–H groups in total. The van der Waals surface area contributed by atoms with Gasteiger partial charge in [0.1, 0.15) is 0 Å². The molecule has 156 valence electrons. The maximum Gasteiger partial charge on any atom is 0.254 e. The number of nitrogens with one attached hydrogen (secondary N) is 2. The van der Waals surface area contributed by atoms with Crippen molar-refractivity contribution < 1.29 is 9.59 Å². The van der Waals surface area contributed by atoms with Crippen LogP contribution in [0.4, 0.5) is 0 Å². The zero-order valence-electron chi connectivity index (χ0n) is 17.7. The molecule has 0 radical (unpaired) electrons. The molecular formula is C23H32N4O2. The van der Waals surface area contributed by atoms with Crippen LogP contribution in [-0.2, 0) is 16.0 Å². The molecule has 3 aliphatic rings. The van der Waals surface area contributed by atoms with Crippen molar-refractivity contribution in [2.75, 3.05) is 33.2 Å². The molecule has 6 heteroatoms. The summed E-state index contributed by atoms with van der Waals surface area (Å²) < 4.78 is 0. The number of nitrogens with zero attached hydrogens (tertiary/aromatic N) is 2. The van der Waals surface area contributed by atoms with E-state index in [1.165, 1.54) is 0 Å². The Morgan fingerprint density at radius 1 is 1.14 bits per heavy atom. The molecule has 0 aliphatic carbocycles. The minimum atomic E-state index is -0.379. The Bertz CT molecular complexity index is 811. The van der Waals surface area contributed by atoms with E-state index in [1.807, 2.05) is 47.2 Å². The number of rotatable bonds is 3. The van der Waals surface area contributed by atoms with Gasteiger partial charge < -0.3 is 20.4 Å². The molecule has 0 bridgehead atoms. The van der Waals surface area contributed by atoms with Crippen LogP contribution in [-0.4, -0.2) is 66.4 Å². The van der Waals surface area contributed by atoms with Crippen molar-refractivity contribution in [2.45, 2.75) is 44.7 Å². The van der Waals surface area contributed by atoms with Crippen LogP contribution in [0, 0.1) is 5.92 Å². The summed E-state index contributed by atoms with van der Waals surface area (Å²) in [6.45, 7) is 7.34. The molecule has 1 unspecified atom stereocenters. The molecule has 0 spiro atoms. The van der Waals surface area contributed by atoms with Crippen LogP contribution in [0.5, 0.6) is 0 Å². The van der Waals surface area contributed by atoms with Crippen LogP contribution < -0.4 is 10.6 Å². The zero-order chi connectivity index (χ0) is 20.6. The van der Waals surface area contributed by atoms with Gasteiger partial charge in [0.25, 0.3) is 5.91 Å². The van der Waals surface area contributed by atoms with E-state index in [9.17, 15) is 9.59 Å². The van der Waals surface area contributed by atoms with Gasteiger partial charge in [-0.25, -0.2) is 0 Å². The van der Waals surface area contributed by atoms with Crippen molar-refractivity contribution in [2.24, 2.45) is 5.92 Å². The molecule has 29 heavy (non-hydrogen) atoms. The summed E-state index contributed by atoms with van der Waals surface area (Å²) in [6, 6.07) is 9.74. The van der Waals surface area contributed by atoms with Crippen molar-refractivity contribution in [1.82, 2.24) is 20.4 Å². The molecule has 1 fully saturated rings. The number of hydrogen-bond donors (Lipinski definition) is 2. The highest BCUT2D eigenvalue weighted by Gasteiger charge is 2.50. The molecule has 2 amide bonds. The Balaban J connectivity index is 1.72. The van der Waals surface area contributed by atoms with E-state index in [-0.39, 0.29) is 23.4 Å². The number of carbonyl (C=O) groups excluding carboxylic acids is 2. The quantitative estimate of drug-likeness (QED) is 0.813. The van der Waals surface area contributed by atoms with Gasteiger partial charge in [-0.05, 0) is 51.3 Å². The van der Waals surface area contributed by atoms with Crippen LogP contribution in [0.15, 0.2) is 41.6 Å². The molecule has 0 aromatic heterocycles. The zero-order valence-corrected chi connectivity index (χ0v) is 17.7. The average molecular weight is 397 g/mol. The molecule has 6 nitrogen and oxygen atoms in total. The van der Waals surface area contributed by atoms with Crippen LogP contribution in [0.2, 0.25) is 0 Å². The number of hydrogen-bond acceptors (Lipinski definition) is 4. The number of likely N-dealkylation sites (N-methyl/N-ethyl adjacent to an activating group) is 1. The van der Waals surface area contributed by atoms with Gasteiger partial charge in [-0.3, -0.25) is 9.59 Å². The third-order valence-corrected chi connectivity index (χ3v) is 6.89. The molecule has 1 aromatic rings. The van der Waals surface area contributed by atoms with E-state index in [1.54, 1.807) is 0 Å². The second kappa shape index (κ2) is 7.82. The van der Waals surface area contributed by atoms with Crippen molar-refractivity contribution in [3.05, 3.63) is 47.2 Å². The average Bonchev–Trinajstić information content (AvgIpc) is 2.88. The number of carbonyl (C=O) groups is 2. The smallest absolute Gasteiger partial charge is 0.254 e. The maximum absolute atomic E-state index is 13.4. The van der Waals surface area contributed by atoms with Gasteiger partial charge in [-0.1, -0.05) is 30.3 Å². The Kier molecular flexibility index (Phi) is 5.38. The lowest BCUT2D eigenvalue weighted by Gasteiger charge is -2.39. The summed E-state index contributed by atoms with van der Waals surface area (Å²) in [5, 5.41) is 6.94. The fraction of sp³-hybridized carbons (Fsp3) is 0.565. The van der Waals surface area contributed by atoms with Crippen LogP contribution >= 0.6 is 0 Å². The molecule has 3 heterocycles. The first-order valence-corrected chi connectivity index (χ1v) is 10.7. The fourth-order valence-corrected chi connectivity index (χ4v) is 5.02. The summed E-state index contributed by atoms with van der Waals surface area (Å²) in [7, 11) is 1.87. The van der Waals surface area contributed by atoms with E-state index in [0.29, 0.717) is 25.4 Å². The summed E-state index contributed by atoms with van der Waals surface area (Å²) >= 11 is 0. The number of benzene rings is 1. The lowest BCUT2D eigenvalue weighted by molar-refractivity contribution is -0.134. The molecule has 3 aliphatic heterocycles. The fourth-order valence-electron chi connectivity index (χ4n) is 5.02. The Hall–Kier alpha value is -2.34. The Morgan fingerprint density at radius 2 is 1.83 bits per heavy atom. The minimum absolute atomic E-state index is 0.0560. The van der Waals surface area contributed by atoms with Crippen molar-refractivity contribution in [3.63, 3.8) is 0 Å². The second-order valence-electron chi connectivity index (χ2n) is 8.92. The summed E-state index contributed by atoms with van der Waals surface area (Å²) in [6.07, 6.45) is 2.33. The predicted molar refractivity (Wildman–Crippen MR) is 113 cm³/mol. The molecule has 1 aromatic carbocycles. The highest BCUT2D eigenvalue weighted by Crippen LogP contribution is 2.40. The SMILES string of the molecule is CN1C(=O)C2=C(NCCN(C(=O)Cc3ccccc3)C2C2CCNCC2)C1(C)C. The van der Waals surface area contributed by atoms with E-state index < -0.39 is 0 Å². The number of piperidine rings is 1. The summed E-state index contributed by atoms with van der Waals surface area (Å²) in [4.78, 5) is 30.6. The predicted octanol–water partition coefficient (Wildman–Crippen LogP) is 1.53. The van der Waals surface area contributed by atoms with Gasteiger partial charge >= 0.3 is 0 Å². The van der Waals surface area contributed by atoms with Crippen molar-refractivity contribution >= 4 is 11.8 Å². The topological polar surface area (TPSA) is 64.7 Å². The van der Waals surface area contributed by atoms with Crippen molar-refractivity contribution in [1.29, 1.82) is 0 Å². The monoisotopic (exact) mass is 396 g/mol. The van der Waals surface area contributed by atoms with E-state index >= 15 is 0 Å². The molecule has 1 saturated heterocycles. The first-order valence-electron chi connectivity index (χ1n) is 10.7. The van der Waals surface area contributed by atoms with Gasteiger partial charge in [0.05, 0.1) is 23.6 Å². The van der Waals surface area contributed by atoms with E-state index in [2.05, 4.69) is 24.5 Å². The maximum atomic E-state index is 13.4. The normalized spacial score (nSPS) is 24.9.